The molecule has 0 aliphatic heterocycles. The van der Waals surface area contributed by atoms with Gasteiger partial charge in [-0.1, -0.05) is 0 Å². The van der Waals surface area contributed by atoms with E-state index in [1.165, 1.54) is 0 Å². The fraction of sp³-hybridized carbons (Fsp3) is 0.515. The van der Waals surface area contributed by atoms with Crippen molar-refractivity contribution in [2.24, 2.45) is 0 Å². The minimum absolute atomic E-state index is 0.0894. The molecule has 0 saturated heterocycles. The number of hydrogen-bond donors (Lipinski definition) is 4. The number of rotatable bonds is 11. The number of amides is 2. The molecule has 11 nitrogen and oxygen atoms in total. The van der Waals surface area contributed by atoms with Gasteiger partial charge in [-0.3, -0.25) is 4.79 Å². The molecule has 0 aliphatic carbocycles. The van der Waals surface area contributed by atoms with Gasteiger partial charge in [-0.2, -0.15) is 0 Å². The number of carbonyl (C=O) groups excluding carboxylic acids is 3. The number of nitrogens with one attached hydrogen (secondary N) is 2. The predicted octanol–water partition coefficient (Wildman–Crippen LogP) is 7.32. The number of aliphatic carboxylic acids is 1. The van der Waals surface area contributed by atoms with Crippen molar-refractivity contribution in [1.82, 2.24) is 10.6 Å². The molecule has 2 amide bonds. The standard InChI is InChI=1S/C15H18F3NO4.C15H20F3NO3.C3H5ClO2/c1-15(2,3)23-14(22)19-9(6-13(20)21)4-8-5-11(17)12(18)7-10(8)16;1-15(2,3)22-14(21)19-10(4-5-20)6-9-7-12(17)13(18)8-11(9)16;1-2-6-3(4)5/h5,7,9H,4,6H2,1-3H3,(H,19,22)(H,20,21);7-8,10,20H,4-6H2,1-3H3,(H,19,21);2H2,1H3/t9-;10-;/m10./s1. The highest BCUT2D eigenvalue weighted by molar-refractivity contribution is 6.61. The summed E-state index contributed by atoms with van der Waals surface area (Å²) in [5, 5.41) is 22.6. The van der Waals surface area contributed by atoms with Gasteiger partial charge in [0.25, 0.3) is 0 Å². The van der Waals surface area contributed by atoms with E-state index in [0.29, 0.717) is 24.8 Å². The Kier molecular flexibility index (Phi) is 20.0. The van der Waals surface area contributed by atoms with Crippen LogP contribution in [0.15, 0.2) is 24.3 Å². The molecule has 0 radical (unpaired) electrons. The van der Waals surface area contributed by atoms with Gasteiger partial charge in [0.15, 0.2) is 23.3 Å². The van der Waals surface area contributed by atoms with Crippen molar-refractivity contribution in [3.63, 3.8) is 0 Å². The Morgan fingerprint density at radius 2 is 1.08 bits per heavy atom. The van der Waals surface area contributed by atoms with Crippen molar-refractivity contribution >= 4 is 35.2 Å². The molecule has 2 atom stereocenters. The van der Waals surface area contributed by atoms with Crippen molar-refractivity contribution in [3.05, 3.63) is 70.3 Å². The van der Waals surface area contributed by atoms with Crippen LogP contribution in [0.4, 0.5) is 40.7 Å². The maximum atomic E-state index is 13.6. The third-order valence-electron chi connectivity index (χ3n) is 5.71. The lowest BCUT2D eigenvalue weighted by Crippen LogP contribution is -2.41. The lowest BCUT2D eigenvalue weighted by atomic mass is 10.0. The summed E-state index contributed by atoms with van der Waals surface area (Å²) in [5.41, 5.74) is -2.58. The topological polar surface area (TPSA) is 160 Å². The number of halogens is 7. The van der Waals surface area contributed by atoms with E-state index in [4.69, 9.17) is 31.3 Å². The quantitative estimate of drug-likeness (QED) is 0.0797. The molecule has 18 heteroatoms. The van der Waals surface area contributed by atoms with Gasteiger partial charge in [0.05, 0.1) is 13.0 Å². The van der Waals surface area contributed by atoms with Crippen LogP contribution in [0.5, 0.6) is 0 Å². The van der Waals surface area contributed by atoms with Crippen LogP contribution in [0.25, 0.3) is 0 Å². The SMILES string of the molecule is CC(C)(C)OC(=O)N[C@@H](CC(=O)O)Cc1cc(F)c(F)cc1F.CC(C)(C)OC(=O)N[C@@H](CCO)Cc1cc(F)c(F)cc1F.CCOC(=O)Cl. The minimum atomic E-state index is -1.35. The molecule has 0 spiro atoms. The second kappa shape index (κ2) is 21.9. The van der Waals surface area contributed by atoms with Gasteiger partial charge in [-0.05, 0) is 91.0 Å². The maximum Gasteiger partial charge on any atom is 0.407 e. The number of carbonyl (C=O) groups is 4. The summed E-state index contributed by atoms with van der Waals surface area (Å²) in [6.07, 6.45) is -2.44. The number of benzene rings is 2. The second-order valence-electron chi connectivity index (χ2n) is 12.6. The number of carboxylic acids is 1. The zero-order valence-electron chi connectivity index (χ0n) is 29.1. The van der Waals surface area contributed by atoms with Crippen LogP contribution in [0.3, 0.4) is 0 Å². The monoisotopic (exact) mass is 760 g/mol. The van der Waals surface area contributed by atoms with Crippen molar-refractivity contribution < 1.29 is 69.9 Å². The van der Waals surface area contributed by atoms with E-state index >= 15 is 0 Å². The molecular weight excluding hydrogens is 718 g/mol. The Hall–Kier alpha value is -4.25. The molecule has 288 valence electrons. The number of aliphatic hydroxyl groups excluding tert-OH is 1. The summed E-state index contributed by atoms with van der Waals surface area (Å²) in [5.74, 6) is -8.22. The summed E-state index contributed by atoms with van der Waals surface area (Å²) in [6, 6.07) is 0.493. The van der Waals surface area contributed by atoms with Crippen LogP contribution < -0.4 is 10.6 Å². The number of aliphatic hydroxyl groups is 1. The summed E-state index contributed by atoms with van der Waals surface area (Å²) in [6.45, 7) is 11.7. The van der Waals surface area contributed by atoms with Crippen LogP contribution in [0.2, 0.25) is 0 Å². The normalized spacial score (nSPS) is 12.1. The number of ether oxygens (including phenoxy) is 3. The van der Waals surface area contributed by atoms with Crippen LogP contribution in [0.1, 0.15) is 72.4 Å². The second-order valence-corrected chi connectivity index (χ2v) is 12.9. The highest BCUT2D eigenvalue weighted by Gasteiger charge is 2.24. The molecule has 0 fully saturated rings. The highest BCUT2D eigenvalue weighted by Crippen LogP contribution is 2.18. The Bertz CT molecular complexity index is 1470. The molecule has 0 heterocycles. The van der Waals surface area contributed by atoms with Crippen LogP contribution >= 0.6 is 11.6 Å². The first-order chi connectivity index (χ1) is 23.4. The van der Waals surface area contributed by atoms with E-state index < -0.39 is 88.2 Å². The summed E-state index contributed by atoms with van der Waals surface area (Å²) >= 11 is 4.72. The Morgan fingerprint density at radius 1 is 0.706 bits per heavy atom. The molecule has 2 rings (SSSR count). The van der Waals surface area contributed by atoms with Crippen LogP contribution in [-0.4, -0.2) is 70.3 Å². The zero-order chi connectivity index (χ0) is 39.7. The van der Waals surface area contributed by atoms with E-state index in [1.807, 2.05) is 0 Å². The summed E-state index contributed by atoms with van der Waals surface area (Å²) < 4.78 is 93.7. The molecule has 4 N–H and O–H groups in total. The molecule has 2 aromatic carbocycles. The van der Waals surface area contributed by atoms with E-state index in [1.54, 1.807) is 48.5 Å². The van der Waals surface area contributed by atoms with E-state index in [0.717, 1.165) is 6.07 Å². The molecule has 0 unspecified atom stereocenters. The van der Waals surface area contributed by atoms with Gasteiger partial charge in [0.1, 0.15) is 22.8 Å². The molecular formula is C33H43ClF6N2O9. The van der Waals surface area contributed by atoms with Crippen molar-refractivity contribution in [1.29, 1.82) is 0 Å². The minimum Gasteiger partial charge on any atom is -0.481 e. The summed E-state index contributed by atoms with van der Waals surface area (Å²) in [7, 11) is 0. The average molecular weight is 761 g/mol. The fourth-order valence-corrected chi connectivity index (χ4v) is 3.91. The van der Waals surface area contributed by atoms with Gasteiger partial charge in [0, 0.05) is 42.4 Å². The molecule has 51 heavy (non-hydrogen) atoms. The van der Waals surface area contributed by atoms with E-state index in [2.05, 4.69) is 15.4 Å². The molecule has 0 bridgehead atoms. The first-order valence-electron chi connectivity index (χ1n) is 15.3. The number of hydrogen-bond acceptors (Lipinski definition) is 8. The van der Waals surface area contributed by atoms with Gasteiger partial charge in [-0.25, -0.2) is 40.7 Å². The lowest BCUT2D eigenvalue weighted by Gasteiger charge is -2.23. The smallest absolute Gasteiger partial charge is 0.407 e. The third-order valence-corrected chi connectivity index (χ3v) is 5.82. The average Bonchev–Trinajstić information content (AvgIpc) is 2.93. The van der Waals surface area contributed by atoms with E-state index in [-0.39, 0.29) is 37.0 Å². The molecule has 0 saturated carbocycles. The molecule has 0 aromatic heterocycles. The maximum absolute atomic E-state index is 13.6. The van der Waals surface area contributed by atoms with E-state index in [9.17, 15) is 45.5 Å². The van der Waals surface area contributed by atoms with Crippen LogP contribution in [-0.2, 0) is 31.8 Å². The van der Waals surface area contributed by atoms with Gasteiger partial charge >= 0.3 is 23.6 Å². The zero-order valence-corrected chi connectivity index (χ0v) is 29.9. The molecule has 2 aromatic rings. The number of alkyl carbamates (subject to hydrolysis) is 2. The van der Waals surface area contributed by atoms with Crippen molar-refractivity contribution in [2.75, 3.05) is 13.2 Å². The third kappa shape index (κ3) is 21.5. The Balaban J connectivity index is 0.000000846. The Morgan fingerprint density at radius 3 is 1.39 bits per heavy atom. The first-order valence-corrected chi connectivity index (χ1v) is 15.7. The lowest BCUT2D eigenvalue weighted by molar-refractivity contribution is -0.137. The Labute approximate surface area is 296 Å². The number of carboxylic acid groups (broad SMARTS) is 1. The predicted molar refractivity (Wildman–Crippen MR) is 173 cm³/mol. The van der Waals surface area contributed by atoms with Crippen LogP contribution in [0, 0.1) is 34.9 Å². The van der Waals surface area contributed by atoms with Gasteiger partial charge < -0.3 is 35.1 Å². The fourth-order valence-electron chi connectivity index (χ4n) is 3.80. The van der Waals surface area contributed by atoms with Crippen molar-refractivity contribution in [3.8, 4) is 0 Å². The highest BCUT2D eigenvalue weighted by atomic mass is 35.5. The van der Waals surface area contributed by atoms with Gasteiger partial charge in [0.2, 0.25) is 0 Å². The largest absolute Gasteiger partial charge is 0.481 e. The first kappa shape index (κ1) is 46.8. The molecule has 0 aliphatic rings. The van der Waals surface area contributed by atoms with Crippen molar-refractivity contribution in [2.45, 2.75) is 97.4 Å². The summed E-state index contributed by atoms with van der Waals surface area (Å²) in [4.78, 5) is 43.8. The van der Waals surface area contributed by atoms with Gasteiger partial charge in [-0.15, -0.1) is 0 Å².